The predicted molar refractivity (Wildman–Crippen MR) is 271 cm³/mol. The zero-order valence-electron chi connectivity index (χ0n) is 33.2. The first-order valence-corrected chi connectivity index (χ1v) is 22.0. The molecule has 0 aliphatic carbocycles. The first-order chi connectivity index (χ1) is 30.1. The Morgan fingerprint density at radius 3 is 1.18 bits per heavy atom. The molecule has 1 heteroatoms. The second kappa shape index (κ2) is 14.6. The predicted octanol–water partition coefficient (Wildman–Crippen LogP) is 17.5. The molecule has 0 spiro atoms. The van der Waals surface area contributed by atoms with Crippen LogP contribution in [0.4, 0.5) is 0 Å². The van der Waals surface area contributed by atoms with E-state index in [1.807, 2.05) is 0 Å². The maximum atomic E-state index is 2.65. The van der Waals surface area contributed by atoms with Gasteiger partial charge in [-0.25, -0.2) is 0 Å². The number of rotatable bonds is 5. The van der Waals surface area contributed by atoms with E-state index < -0.39 is 0 Å². The molecule has 0 saturated carbocycles. The summed E-state index contributed by atoms with van der Waals surface area (Å²) in [4.78, 5) is 0. The molecule has 0 atom stereocenters. The van der Waals surface area contributed by atoms with E-state index in [-0.39, 0.29) is 0 Å². The van der Waals surface area contributed by atoms with Crippen molar-refractivity contribution < 1.29 is 0 Å². The SMILES string of the molecule is Ic1c(-c2cc3ccccc3c3ccccc23)c2cc(-c3cccc(-c4ccc5ccccc5c4)c3)ccc2c2ccc(-c3cccc(-c4ccc5ccccc5c4)c3)cc12. The summed E-state index contributed by atoms with van der Waals surface area (Å²) in [5.41, 5.74) is 12.3. The molecule has 0 N–H and O–H groups in total. The Morgan fingerprint density at radius 1 is 0.213 bits per heavy atom. The highest BCUT2D eigenvalue weighted by molar-refractivity contribution is 14.1. The summed E-state index contributed by atoms with van der Waals surface area (Å²) in [5, 5.41) is 15.1. The summed E-state index contributed by atoms with van der Waals surface area (Å²) in [5.74, 6) is 0. The number of benzene rings is 12. The van der Waals surface area contributed by atoms with Crippen molar-refractivity contribution in [2.45, 2.75) is 0 Å². The van der Waals surface area contributed by atoms with Crippen molar-refractivity contribution in [2.75, 3.05) is 0 Å². The molecular formula is C60H37I. The molecule has 0 amide bonds. The molecule has 0 aromatic heterocycles. The van der Waals surface area contributed by atoms with E-state index in [9.17, 15) is 0 Å². The summed E-state index contributed by atoms with van der Waals surface area (Å²) in [6.07, 6.45) is 0. The number of hydrogen-bond donors (Lipinski definition) is 0. The zero-order chi connectivity index (χ0) is 40.4. The fourth-order valence-corrected chi connectivity index (χ4v) is 10.6. The second-order valence-corrected chi connectivity index (χ2v) is 17.3. The van der Waals surface area contributed by atoms with Crippen LogP contribution in [0.25, 0.3) is 120 Å². The van der Waals surface area contributed by atoms with E-state index in [0.717, 1.165) is 0 Å². The highest BCUT2D eigenvalue weighted by Gasteiger charge is 2.20. The molecule has 0 aliphatic heterocycles. The molecule has 0 saturated heterocycles. The number of hydrogen-bond acceptors (Lipinski definition) is 0. The minimum Gasteiger partial charge on any atom is -0.0616 e. The lowest BCUT2D eigenvalue weighted by molar-refractivity contribution is 1.60. The van der Waals surface area contributed by atoms with Gasteiger partial charge in [0, 0.05) is 9.13 Å². The molecule has 12 aromatic carbocycles. The van der Waals surface area contributed by atoms with E-state index in [1.165, 1.54) is 124 Å². The van der Waals surface area contributed by atoms with Crippen LogP contribution in [0.15, 0.2) is 224 Å². The highest BCUT2D eigenvalue weighted by Crippen LogP contribution is 2.46. The molecule has 0 fully saturated rings. The fraction of sp³-hybridized carbons (Fsp3) is 0. The van der Waals surface area contributed by atoms with Crippen LogP contribution in [0.5, 0.6) is 0 Å². The molecule has 12 rings (SSSR count). The van der Waals surface area contributed by atoms with E-state index in [4.69, 9.17) is 0 Å². The van der Waals surface area contributed by atoms with Gasteiger partial charge in [-0.3, -0.25) is 0 Å². The first kappa shape index (κ1) is 35.8. The van der Waals surface area contributed by atoms with Gasteiger partial charge in [-0.15, -0.1) is 0 Å². The Labute approximate surface area is 368 Å². The van der Waals surface area contributed by atoms with Crippen molar-refractivity contribution in [3.8, 4) is 55.6 Å². The largest absolute Gasteiger partial charge is 0.0616 e. The lowest BCUT2D eigenvalue weighted by Crippen LogP contribution is -1.94. The maximum Gasteiger partial charge on any atom is 0.0294 e. The average Bonchev–Trinajstić information content (AvgIpc) is 3.33. The van der Waals surface area contributed by atoms with E-state index in [1.54, 1.807) is 0 Å². The maximum absolute atomic E-state index is 2.65. The number of fused-ring (bicyclic) bond motifs is 8. The fourth-order valence-electron chi connectivity index (χ4n) is 9.58. The molecule has 0 unspecified atom stereocenters. The first-order valence-electron chi connectivity index (χ1n) is 20.9. The topological polar surface area (TPSA) is 0 Å². The Kier molecular flexibility index (Phi) is 8.57. The molecule has 0 radical (unpaired) electrons. The third-order valence-corrected chi connectivity index (χ3v) is 13.8. The van der Waals surface area contributed by atoms with Crippen molar-refractivity contribution in [3.63, 3.8) is 0 Å². The summed E-state index contributed by atoms with van der Waals surface area (Å²) < 4.78 is 1.26. The van der Waals surface area contributed by atoms with Crippen molar-refractivity contribution in [1.82, 2.24) is 0 Å². The molecule has 0 bridgehead atoms. The molecule has 0 nitrogen and oxygen atoms in total. The van der Waals surface area contributed by atoms with Crippen LogP contribution >= 0.6 is 22.6 Å². The minimum absolute atomic E-state index is 1.21. The lowest BCUT2D eigenvalue weighted by atomic mass is 9.86. The molecule has 0 aliphatic rings. The van der Waals surface area contributed by atoms with Gasteiger partial charge in [0.2, 0.25) is 0 Å². The smallest absolute Gasteiger partial charge is 0.0294 e. The van der Waals surface area contributed by atoms with Gasteiger partial charge < -0.3 is 0 Å². The standard InChI is InChI=1S/C60H37I/c61-60-58-36-49(45-19-10-17-43(34-45)47-26-24-39-12-2-4-14-41(39)32-47)28-30-55(58)54-29-27-48(44-18-9-16-42(33-44)46-25-23-38-11-1-3-13-40(38)31-46)35-56(54)59(60)57-37-50-15-5-6-20-51(50)52-21-7-8-22-53(52)57/h1-37H. The van der Waals surface area contributed by atoms with Gasteiger partial charge >= 0.3 is 0 Å². The van der Waals surface area contributed by atoms with Crippen LogP contribution in [0.2, 0.25) is 0 Å². The monoisotopic (exact) mass is 884 g/mol. The molecular weight excluding hydrogens is 848 g/mol. The van der Waals surface area contributed by atoms with Gasteiger partial charge in [0.15, 0.2) is 0 Å². The highest BCUT2D eigenvalue weighted by atomic mass is 127. The van der Waals surface area contributed by atoms with Gasteiger partial charge in [-0.05, 0) is 180 Å². The van der Waals surface area contributed by atoms with Gasteiger partial charge in [0.05, 0.1) is 0 Å². The van der Waals surface area contributed by atoms with E-state index >= 15 is 0 Å². The van der Waals surface area contributed by atoms with Crippen molar-refractivity contribution in [3.05, 3.63) is 228 Å². The van der Waals surface area contributed by atoms with Crippen LogP contribution in [0.3, 0.4) is 0 Å². The average molecular weight is 885 g/mol. The summed E-state index contributed by atoms with van der Waals surface area (Å²) in [6, 6.07) is 83.1. The molecule has 61 heavy (non-hydrogen) atoms. The van der Waals surface area contributed by atoms with Crippen LogP contribution in [0.1, 0.15) is 0 Å². The van der Waals surface area contributed by atoms with Crippen LogP contribution in [-0.4, -0.2) is 0 Å². The quantitative estimate of drug-likeness (QED) is 0.119. The van der Waals surface area contributed by atoms with E-state index in [0.29, 0.717) is 0 Å². The summed E-state index contributed by atoms with van der Waals surface area (Å²) >= 11 is 2.65. The van der Waals surface area contributed by atoms with Crippen LogP contribution < -0.4 is 0 Å². The summed E-state index contributed by atoms with van der Waals surface area (Å²) in [7, 11) is 0. The third-order valence-electron chi connectivity index (χ3n) is 12.6. The van der Waals surface area contributed by atoms with Crippen LogP contribution in [0, 0.1) is 3.57 Å². The summed E-state index contributed by atoms with van der Waals surface area (Å²) in [6.45, 7) is 0. The Balaban J connectivity index is 1.07. The van der Waals surface area contributed by atoms with Crippen molar-refractivity contribution in [2.24, 2.45) is 0 Å². The van der Waals surface area contributed by atoms with Crippen LogP contribution in [-0.2, 0) is 0 Å². The second-order valence-electron chi connectivity index (χ2n) is 16.2. The minimum atomic E-state index is 1.21. The van der Waals surface area contributed by atoms with Gasteiger partial charge in [0.25, 0.3) is 0 Å². The Bertz CT molecular complexity index is 3720. The molecule has 0 heterocycles. The van der Waals surface area contributed by atoms with E-state index in [2.05, 4.69) is 247 Å². The number of halogens is 1. The molecule has 12 aromatic rings. The Hall–Kier alpha value is -7.07. The van der Waals surface area contributed by atoms with Gasteiger partial charge in [-0.2, -0.15) is 0 Å². The zero-order valence-corrected chi connectivity index (χ0v) is 35.4. The Morgan fingerprint density at radius 2 is 0.607 bits per heavy atom. The van der Waals surface area contributed by atoms with Gasteiger partial charge in [0.1, 0.15) is 0 Å². The van der Waals surface area contributed by atoms with Crippen molar-refractivity contribution >= 4 is 87.2 Å². The third kappa shape index (κ3) is 6.19. The van der Waals surface area contributed by atoms with Crippen molar-refractivity contribution in [1.29, 1.82) is 0 Å². The lowest BCUT2D eigenvalue weighted by Gasteiger charge is -2.19. The molecule has 284 valence electrons. The normalized spacial score (nSPS) is 11.7. The van der Waals surface area contributed by atoms with Gasteiger partial charge in [-0.1, -0.05) is 182 Å².